The van der Waals surface area contributed by atoms with Gasteiger partial charge in [0.1, 0.15) is 0 Å². The van der Waals surface area contributed by atoms with Crippen molar-refractivity contribution in [2.45, 2.75) is 46.5 Å². The molecule has 0 aliphatic heterocycles. The summed E-state index contributed by atoms with van der Waals surface area (Å²) in [6.07, 6.45) is 9.85. The quantitative estimate of drug-likeness (QED) is 0.308. The van der Waals surface area contributed by atoms with Gasteiger partial charge < -0.3 is 1.43 Å². The third-order valence-corrected chi connectivity index (χ3v) is 2.37. The molecular formula is C12H26LiN. The van der Waals surface area contributed by atoms with Crippen molar-refractivity contribution >= 4 is 0 Å². The monoisotopic (exact) mass is 191 g/mol. The Labute approximate surface area is 104 Å². The smallest absolute Gasteiger partial charge is 1.00 e. The van der Waals surface area contributed by atoms with Crippen molar-refractivity contribution in [3.63, 3.8) is 0 Å². The summed E-state index contributed by atoms with van der Waals surface area (Å²) in [6.45, 7) is 10.2. The minimum Gasteiger partial charge on any atom is -1.00 e. The average Bonchev–Trinajstić information content (AvgIpc) is 2.17. The fraction of sp³-hybridized carbons (Fsp3) is 0.833. The number of unbranched alkanes of at least 4 members (excludes halogenated alkanes) is 3. The molecule has 0 aromatic carbocycles. The summed E-state index contributed by atoms with van der Waals surface area (Å²) in [5, 5.41) is 0. The molecule has 0 saturated heterocycles. The first-order valence-corrected chi connectivity index (χ1v) is 5.68. The molecule has 0 spiro atoms. The van der Waals surface area contributed by atoms with Gasteiger partial charge in [-0.15, -0.1) is 0 Å². The number of nitrogens with zero attached hydrogens (tertiary/aromatic N) is 1. The van der Waals surface area contributed by atoms with Gasteiger partial charge in [0.25, 0.3) is 0 Å². The van der Waals surface area contributed by atoms with E-state index in [1.807, 2.05) is 0 Å². The Hall–Kier alpha value is 0.297. The van der Waals surface area contributed by atoms with E-state index in [0.717, 1.165) is 6.54 Å². The molecule has 0 rings (SSSR count). The van der Waals surface area contributed by atoms with Crippen molar-refractivity contribution in [1.29, 1.82) is 0 Å². The molecule has 0 aliphatic carbocycles. The van der Waals surface area contributed by atoms with Crippen molar-refractivity contribution in [2.75, 3.05) is 19.6 Å². The van der Waals surface area contributed by atoms with Gasteiger partial charge in [0.05, 0.1) is 0 Å². The van der Waals surface area contributed by atoms with E-state index in [-0.39, 0.29) is 20.3 Å². The van der Waals surface area contributed by atoms with Crippen LogP contribution in [0, 0.1) is 0 Å². The van der Waals surface area contributed by atoms with E-state index in [4.69, 9.17) is 0 Å². The predicted octanol–water partition coefficient (Wildman–Crippen LogP) is 0.581. The number of likely N-dealkylation sites (N-methyl/N-ethyl adjacent to an activating group) is 1. The van der Waals surface area contributed by atoms with Gasteiger partial charge in [0.2, 0.25) is 0 Å². The van der Waals surface area contributed by atoms with E-state index in [9.17, 15) is 0 Å². The predicted molar refractivity (Wildman–Crippen MR) is 62.2 cm³/mol. The van der Waals surface area contributed by atoms with Gasteiger partial charge in [-0.1, -0.05) is 45.3 Å². The third kappa shape index (κ3) is 10.4. The number of allylic oxidation sites excluding steroid dienone is 1. The molecule has 0 unspecified atom stereocenters. The number of hydrogen-bond acceptors (Lipinski definition) is 1. The molecule has 0 aromatic heterocycles. The maximum absolute atomic E-state index is 2.50. The van der Waals surface area contributed by atoms with Gasteiger partial charge in [0, 0.05) is 6.54 Å². The Bertz CT molecular complexity index is 129. The average molecular weight is 191 g/mol. The minimum atomic E-state index is 0. The number of rotatable bonds is 8. The Balaban J connectivity index is -0.000000720. The van der Waals surface area contributed by atoms with Crippen LogP contribution in [0.15, 0.2) is 12.2 Å². The van der Waals surface area contributed by atoms with Crippen LogP contribution in [0.1, 0.15) is 47.9 Å². The van der Waals surface area contributed by atoms with Crippen LogP contribution < -0.4 is 18.9 Å². The summed E-state index contributed by atoms with van der Waals surface area (Å²) in [7, 11) is 0. The molecule has 0 radical (unpaired) electrons. The minimum absolute atomic E-state index is 0. The van der Waals surface area contributed by atoms with Gasteiger partial charge >= 0.3 is 18.9 Å². The van der Waals surface area contributed by atoms with Gasteiger partial charge in [-0.3, -0.25) is 4.90 Å². The van der Waals surface area contributed by atoms with Crippen LogP contribution in [0.2, 0.25) is 0 Å². The van der Waals surface area contributed by atoms with Crippen LogP contribution in [-0.2, 0) is 0 Å². The van der Waals surface area contributed by atoms with E-state index in [2.05, 4.69) is 37.8 Å². The van der Waals surface area contributed by atoms with Crippen molar-refractivity contribution in [3.05, 3.63) is 12.2 Å². The van der Waals surface area contributed by atoms with Gasteiger partial charge in [0.15, 0.2) is 0 Å². The topological polar surface area (TPSA) is 3.24 Å². The molecule has 0 aromatic rings. The maximum atomic E-state index is 2.50. The van der Waals surface area contributed by atoms with Crippen LogP contribution in [-0.4, -0.2) is 24.5 Å². The molecule has 0 saturated carbocycles. The molecule has 0 N–H and O–H groups in total. The first kappa shape index (κ1) is 16.7. The van der Waals surface area contributed by atoms with Crippen LogP contribution in [0.4, 0.5) is 0 Å². The fourth-order valence-electron chi connectivity index (χ4n) is 1.40. The van der Waals surface area contributed by atoms with Crippen molar-refractivity contribution < 1.29 is 20.3 Å². The first-order valence-electron chi connectivity index (χ1n) is 5.68. The molecule has 0 heterocycles. The van der Waals surface area contributed by atoms with Crippen LogP contribution in [0.3, 0.4) is 0 Å². The zero-order valence-electron chi connectivity index (χ0n) is 11.6. The second-order valence-electron chi connectivity index (χ2n) is 3.52. The zero-order chi connectivity index (χ0) is 9.94. The molecule has 80 valence electrons. The summed E-state index contributed by atoms with van der Waals surface area (Å²) >= 11 is 0. The largest absolute Gasteiger partial charge is 1.00 e. The second-order valence-corrected chi connectivity index (χ2v) is 3.52. The molecule has 1 nitrogen and oxygen atoms in total. The molecular weight excluding hydrogens is 165 g/mol. The molecule has 0 aliphatic rings. The van der Waals surface area contributed by atoms with E-state index >= 15 is 0 Å². The molecule has 0 bridgehead atoms. The van der Waals surface area contributed by atoms with Crippen molar-refractivity contribution in [2.24, 2.45) is 0 Å². The Morgan fingerprint density at radius 2 is 1.86 bits per heavy atom. The Kier molecular flexibility index (Phi) is 15.9. The zero-order valence-corrected chi connectivity index (χ0v) is 10.6. The van der Waals surface area contributed by atoms with Crippen LogP contribution in [0.5, 0.6) is 0 Å². The van der Waals surface area contributed by atoms with E-state index in [1.165, 1.54) is 38.8 Å². The first-order chi connectivity index (χ1) is 6.35. The molecule has 2 heteroatoms. The van der Waals surface area contributed by atoms with Crippen molar-refractivity contribution in [1.82, 2.24) is 4.90 Å². The van der Waals surface area contributed by atoms with Gasteiger partial charge in [-0.25, -0.2) is 0 Å². The Morgan fingerprint density at radius 1 is 1.14 bits per heavy atom. The van der Waals surface area contributed by atoms with E-state index < -0.39 is 0 Å². The van der Waals surface area contributed by atoms with Crippen LogP contribution >= 0.6 is 0 Å². The summed E-state index contributed by atoms with van der Waals surface area (Å²) < 4.78 is 0. The third-order valence-electron chi connectivity index (χ3n) is 2.37. The molecule has 0 fully saturated rings. The molecule has 0 atom stereocenters. The van der Waals surface area contributed by atoms with Gasteiger partial charge in [-0.05, 0) is 26.4 Å². The Morgan fingerprint density at radius 3 is 2.36 bits per heavy atom. The summed E-state index contributed by atoms with van der Waals surface area (Å²) in [4.78, 5) is 2.50. The summed E-state index contributed by atoms with van der Waals surface area (Å²) in [5.41, 5.74) is 0. The summed E-state index contributed by atoms with van der Waals surface area (Å²) in [6, 6.07) is 0. The number of hydrogen-bond donors (Lipinski definition) is 0. The second kappa shape index (κ2) is 13.3. The standard InChI is InChI=1S/C12H25N.Li.H/c1-4-7-9-10-12-13(6-3)11-8-5-2;;/h5,8H,4,6-7,9-12H2,1-3H3;;/q;+1;-1. The SMILES string of the molecule is CC=CCN(CC)CCCCCC.[H-].[Li+]. The molecule has 0 amide bonds. The van der Waals surface area contributed by atoms with E-state index in [1.54, 1.807) is 0 Å². The maximum Gasteiger partial charge on any atom is 1.00 e. The van der Waals surface area contributed by atoms with Gasteiger partial charge in [-0.2, -0.15) is 0 Å². The fourth-order valence-corrected chi connectivity index (χ4v) is 1.40. The normalized spacial score (nSPS) is 10.9. The summed E-state index contributed by atoms with van der Waals surface area (Å²) in [5.74, 6) is 0. The molecule has 14 heavy (non-hydrogen) atoms. The van der Waals surface area contributed by atoms with Crippen molar-refractivity contribution in [3.8, 4) is 0 Å². The van der Waals surface area contributed by atoms with Crippen LogP contribution in [0.25, 0.3) is 0 Å². The van der Waals surface area contributed by atoms with E-state index in [0.29, 0.717) is 0 Å².